The first-order valence-corrected chi connectivity index (χ1v) is 11.0. The average molecular weight is 510 g/mol. The smallest absolute Gasteiger partial charge is 0.294 e. The molecule has 0 saturated carbocycles. The van der Waals surface area contributed by atoms with Crippen LogP contribution in [0, 0.1) is 6.92 Å². The fraction of sp³-hybridized carbons (Fsp3) is 0.190. The summed E-state index contributed by atoms with van der Waals surface area (Å²) >= 11 is 10.3. The van der Waals surface area contributed by atoms with Crippen LogP contribution in [0.25, 0.3) is 6.08 Å². The Morgan fingerprint density at radius 1 is 1.27 bits per heavy atom. The number of nitrogens with one attached hydrogen (secondary N) is 1. The summed E-state index contributed by atoms with van der Waals surface area (Å²) in [6.07, 6.45) is 1.61. The molecule has 2 aromatic rings. The second-order valence-corrected chi connectivity index (χ2v) is 8.66. The molecule has 30 heavy (non-hydrogen) atoms. The van der Waals surface area contributed by atoms with Crippen LogP contribution in [-0.2, 0) is 9.59 Å². The van der Waals surface area contributed by atoms with E-state index in [1.54, 1.807) is 42.5 Å². The van der Waals surface area contributed by atoms with E-state index in [1.165, 1.54) is 0 Å². The van der Waals surface area contributed by atoms with Gasteiger partial charge in [-0.1, -0.05) is 23.7 Å². The van der Waals surface area contributed by atoms with Crippen molar-refractivity contribution in [2.45, 2.75) is 13.8 Å². The highest BCUT2D eigenvalue weighted by Crippen LogP contribution is 2.34. The standard InChI is InChI=1S/C21H18BrClN2O4S/c1-3-29-17-7-5-13(8-15(17)22)9-18-20(27)25(21(28)30-18)11-19(26)24-14-6-4-12(2)16(23)10-14/h4-10H,3,11H2,1-2H3,(H,24,26)/b18-9-. The second kappa shape index (κ2) is 9.68. The first kappa shape index (κ1) is 22.4. The third-order valence-electron chi connectivity index (χ3n) is 4.18. The topological polar surface area (TPSA) is 75.7 Å². The van der Waals surface area contributed by atoms with Crippen LogP contribution in [0.2, 0.25) is 5.02 Å². The molecule has 1 fully saturated rings. The van der Waals surface area contributed by atoms with E-state index in [0.717, 1.165) is 32.3 Å². The number of halogens is 2. The Bertz CT molecular complexity index is 1060. The summed E-state index contributed by atoms with van der Waals surface area (Å²) in [4.78, 5) is 38.4. The molecule has 0 atom stereocenters. The van der Waals surface area contributed by atoms with Gasteiger partial charge in [0.25, 0.3) is 11.1 Å². The van der Waals surface area contributed by atoms with Gasteiger partial charge in [-0.2, -0.15) is 0 Å². The van der Waals surface area contributed by atoms with Crippen LogP contribution in [0.5, 0.6) is 5.75 Å². The van der Waals surface area contributed by atoms with Crippen LogP contribution < -0.4 is 10.1 Å². The molecule has 1 heterocycles. The predicted octanol–water partition coefficient (Wildman–Crippen LogP) is 5.48. The van der Waals surface area contributed by atoms with E-state index in [9.17, 15) is 14.4 Å². The average Bonchev–Trinajstić information content (AvgIpc) is 2.94. The maximum absolute atomic E-state index is 12.6. The highest BCUT2D eigenvalue weighted by atomic mass is 79.9. The molecule has 0 aliphatic carbocycles. The highest BCUT2D eigenvalue weighted by Gasteiger charge is 2.36. The van der Waals surface area contributed by atoms with E-state index in [4.69, 9.17) is 16.3 Å². The molecular formula is C21H18BrClN2O4S. The summed E-state index contributed by atoms with van der Waals surface area (Å²) in [6.45, 7) is 3.90. The van der Waals surface area contributed by atoms with Gasteiger partial charge in [0, 0.05) is 10.7 Å². The fourth-order valence-corrected chi connectivity index (χ4v) is 4.21. The molecule has 1 saturated heterocycles. The Morgan fingerprint density at radius 3 is 2.70 bits per heavy atom. The lowest BCUT2D eigenvalue weighted by molar-refractivity contribution is -0.127. The lowest BCUT2D eigenvalue weighted by Crippen LogP contribution is -2.36. The van der Waals surface area contributed by atoms with Gasteiger partial charge in [-0.3, -0.25) is 19.3 Å². The van der Waals surface area contributed by atoms with Gasteiger partial charge in [0.15, 0.2) is 0 Å². The SMILES string of the molecule is CCOc1ccc(/C=C2\SC(=O)N(CC(=O)Nc3ccc(C)c(Cl)c3)C2=O)cc1Br. The number of nitrogens with zero attached hydrogens (tertiary/aromatic N) is 1. The zero-order valence-corrected chi connectivity index (χ0v) is 19.4. The molecule has 1 aliphatic rings. The molecule has 0 radical (unpaired) electrons. The minimum absolute atomic E-state index is 0.252. The Balaban J connectivity index is 1.69. The van der Waals surface area contributed by atoms with Crippen molar-refractivity contribution in [3.8, 4) is 5.75 Å². The van der Waals surface area contributed by atoms with Crippen LogP contribution in [0.15, 0.2) is 45.8 Å². The van der Waals surface area contributed by atoms with Gasteiger partial charge in [0.2, 0.25) is 5.91 Å². The molecule has 0 spiro atoms. The Morgan fingerprint density at radius 2 is 2.03 bits per heavy atom. The quantitative estimate of drug-likeness (QED) is 0.522. The zero-order chi connectivity index (χ0) is 21.8. The Hall–Kier alpha value is -2.29. The van der Waals surface area contributed by atoms with Gasteiger partial charge in [-0.15, -0.1) is 0 Å². The number of carbonyl (C=O) groups excluding carboxylic acids is 3. The Kier molecular flexibility index (Phi) is 7.23. The number of hydrogen-bond donors (Lipinski definition) is 1. The van der Waals surface area contributed by atoms with Gasteiger partial charge < -0.3 is 10.1 Å². The molecule has 3 rings (SSSR count). The maximum atomic E-state index is 12.6. The van der Waals surface area contributed by atoms with Gasteiger partial charge in [0.05, 0.1) is 16.0 Å². The monoisotopic (exact) mass is 508 g/mol. The number of benzene rings is 2. The normalized spacial score (nSPS) is 15.1. The van der Waals surface area contributed by atoms with E-state index >= 15 is 0 Å². The van der Waals surface area contributed by atoms with Crippen molar-refractivity contribution in [3.05, 3.63) is 61.9 Å². The van der Waals surface area contributed by atoms with Crippen LogP contribution in [0.1, 0.15) is 18.1 Å². The number of thioether (sulfide) groups is 1. The molecule has 6 nitrogen and oxygen atoms in total. The fourth-order valence-electron chi connectivity index (χ4n) is 2.68. The van der Waals surface area contributed by atoms with Crippen LogP contribution >= 0.6 is 39.3 Å². The molecule has 1 N–H and O–H groups in total. The third kappa shape index (κ3) is 5.24. The van der Waals surface area contributed by atoms with Crippen molar-refractivity contribution < 1.29 is 19.1 Å². The molecular weight excluding hydrogens is 492 g/mol. The maximum Gasteiger partial charge on any atom is 0.294 e. The summed E-state index contributed by atoms with van der Waals surface area (Å²) in [7, 11) is 0. The summed E-state index contributed by atoms with van der Waals surface area (Å²) < 4.78 is 6.21. The molecule has 9 heteroatoms. The number of carbonyl (C=O) groups is 3. The number of ether oxygens (including phenoxy) is 1. The van der Waals surface area contributed by atoms with Gasteiger partial charge >= 0.3 is 0 Å². The van der Waals surface area contributed by atoms with E-state index in [0.29, 0.717) is 23.1 Å². The van der Waals surface area contributed by atoms with Crippen molar-refractivity contribution in [2.75, 3.05) is 18.5 Å². The molecule has 2 aromatic carbocycles. The first-order valence-electron chi connectivity index (χ1n) is 9.02. The van der Waals surface area contributed by atoms with Crippen molar-refractivity contribution in [2.24, 2.45) is 0 Å². The number of anilines is 1. The number of amides is 3. The number of hydrogen-bond acceptors (Lipinski definition) is 5. The summed E-state index contributed by atoms with van der Waals surface area (Å²) in [5.41, 5.74) is 2.11. The van der Waals surface area contributed by atoms with E-state index in [-0.39, 0.29) is 11.4 Å². The second-order valence-electron chi connectivity index (χ2n) is 6.40. The van der Waals surface area contributed by atoms with Crippen LogP contribution in [0.4, 0.5) is 10.5 Å². The first-order chi connectivity index (χ1) is 14.3. The van der Waals surface area contributed by atoms with Crippen LogP contribution in [-0.4, -0.2) is 35.1 Å². The van der Waals surface area contributed by atoms with Crippen molar-refractivity contribution in [1.82, 2.24) is 4.90 Å². The van der Waals surface area contributed by atoms with Crippen molar-refractivity contribution in [1.29, 1.82) is 0 Å². The number of aryl methyl sites for hydroxylation is 1. The van der Waals surface area contributed by atoms with Gasteiger partial charge in [-0.25, -0.2) is 0 Å². The molecule has 0 bridgehead atoms. The molecule has 156 valence electrons. The molecule has 0 unspecified atom stereocenters. The van der Waals surface area contributed by atoms with Crippen molar-refractivity contribution >= 4 is 68.1 Å². The van der Waals surface area contributed by atoms with Gasteiger partial charge in [0.1, 0.15) is 12.3 Å². The minimum atomic E-state index is -0.507. The third-order valence-corrected chi connectivity index (χ3v) is 6.12. The van der Waals surface area contributed by atoms with Crippen molar-refractivity contribution in [3.63, 3.8) is 0 Å². The van der Waals surface area contributed by atoms with E-state index < -0.39 is 17.1 Å². The summed E-state index contributed by atoms with van der Waals surface area (Å²) in [5.74, 6) is -0.301. The number of imide groups is 1. The van der Waals surface area contributed by atoms with Gasteiger partial charge in [-0.05, 0) is 83.0 Å². The molecule has 1 aliphatic heterocycles. The van der Waals surface area contributed by atoms with E-state index in [1.807, 2.05) is 13.8 Å². The minimum Gasteiger partial charge on any atom is -0.493 e. The lowest BCUT2D eigenvalue weighted by Gasteiger charge is -2.13. The molecule has 0 aromatic heterocycles. The van der Waals surface area contributed by atoms with Crippen LogP contribution in [0.3, 0.4) is 0 Å². The molecule has 3 amide bonds. The highest BCUT2D eigenvalue weighted by molar-refractivity contribution is 9.10. The number of rotatable bonds is 6. The summed E-state index contributed by atoms with van der Waals surface area (Å²) in [5, 5.41) is 2.67. The largest absolute Gasteiger partial charge is 0.493 e. The summed E-state index contributed by atoms with van der Waals surface area (Å²) in [6, 6.07) is 10.5. The predicted molar refractivity (Wildman–Crippen MR) is 123 cm³/mol. The van der Waals surface area contributed by atoms with E-state index in [2.05, 4.69) is 21.2 Å². The zero-order valence-electron chi connectivity index (χ0n) is 16.2. The Labute approximate surface area is 191 Å². The lowest BCUT2D eigenvalue weighted by atomic mass is 10.2.